The van der Waals surface area contributed by atoms with E-state index in [-0.39, 0.29) is 5.57 Å². The van der Waals surface area contributed by atoms with Crippen molar-refractivity contribution in [3.8, 4) is 0 Å². The summed E-state index contributed by atoms with van der Waals surface area (Å²) in [4.78, 5) is 35.9. The zero-order valence-corrected chi connectivity index (χ0v) is 11.6. The van der Waals surface area contributed by atoms with Gasteiger partial charge >= 0.3 is 0 Å². The molecule has 0 radical (unpaired) electrons. The summed E-state index contributed by atoms with van der Waals surface area (Å²) in [7, 11) is 0. The van der Waals surface area contributed by atoms with E-state index in [1.165, 1.54) is 13.8 Å². The first-order valence-electron chi connectivity index (χ1n) is 6.38. The molecule has 0 saturated carbocycles. The molecule has 1 heterocycles. The molecule has 2 rings (SSSR count). The first-order chi connectivity index (χ1) is 9.86. The van der Waals surface area contributed by atoms with Gasteiger partial charge in [-0.05, 0) is 19.4 Å². The van der Waals surface area contributed by atoms with Crippen molar-refractivity contribution in [1.29, 1.82) is 0 Å². The Morgan fingerprint density at radius 1 is 1.29 bits per heavy atom. The topological polar surface area (TPSA) is 97.7 Å². The second-order valence-corrected chi connectivity index (χ2v) is 4.84. The molecule has 6 nitrogen and oxygen atoms in total. The summed E-state index contributed by atoms with van der Waals surface area (Å²) in [5.41, 5.74) is 0.451. The first kappa shape index (κ1) is 14.8. The van der Waals surface area contributed by atoms with Crippen molar-refractivity contribution in [2.24, 2.45) is 0 Å². The molecule has 6 heteroatoms. The largest absolute Gasteiger partial charge is 0.548 e. The minimum Gasteiger partial charge on any atom is -0.548 e. The van der Waals surface area contributed by atoms with E-state index < -0.39 is 35.5 Å². The monoisotopic (exact) mass is 288 g/mol. The maximum Gasteiger partial charge on any atom is 0.290 e. The van der Waals surface area contributed by atoms with E-state index in [1.54, 1.807) is 30.3 Å². The van der Waals surface area contributed by atoms with E-state index >= 15 is 0 Å². The van der Waals surface area contributed by atoms with E-state index in [2.05, 4.69) is 0 Å². The molecule has 1 amide bonds. The maximum atomic E-state index is 12.1. The Morgan fingerprint density at radius 3 is 2.33 bits per heavy atom. The average molecular weight is 288 g/mol. The summed E-state index contributed by atoms with van der Waals surface area (Å²) in [5, 5.41) is 21.0. The van der Waals surface area contributed by atoms with E-state index in [0.717, 1.165) is 4.90 Å². The molecule has 0 spiro atoms. The predicted octanol–water partition coefficient (Wildman–Crippen LogP) is 0.109. The molecule has 0 aromatic heterocycles. The SMILES string of the molecule is CC(=O)C1=C(O)C(=O)N([C@H](C)C(=O)[O-])[C@H]1c1ccccc1. The summed E-state index contributed by atoms with van der Waals surface area (Å²) in [6.45, 7) is 2.50. The molecule has 110 valence electrons. The van der Waals surface area contributed by atoms with Gasteiger partial charge < -0.3 is 19.9 Å². The molecule has 1 aliphatic rings. The molecule has 1 aromatic carbocycles. The number of ketones is 1. The number of Topliss-reactive ketones (excluding diaryl/α,β-unsaturated/α-hetero) is 1. The highest BCUT2D eigenvalue weighted by Crippen LogP contribution is 2.38. The minimum atomic E-state index is -1.46. The van der Waals surface area contributed by atoms with Crippen molar-refractivity contribution < 1.29 is 24.6 Å². The van der Waals surface area contributed by atoms with Gasteiger partial charge in [0.2, 0.25) is 0 Å². The van der Waals surface area contributed by atoms with E-state index in [9.17, 15) is 24.6 Å². The molecular formula is C15H14NO5-. The number of carboxylic acids is 1. The van der Waals surface area contributed by atoms with Gasteiger partial charge in [-0.1, -0.05) is 30.3 Å². The lowest BCUT2D eigenvalue weighted by molar-refractivity contribution is -0.311. The van der Waals surface area contributed by atoms with Crippen LogP contribution in [0.2, 0.25) is 0 Å². The fourth-order valence-corrected chi connectivity index (χ4v) is 2.46. The van der Waals surface area contributed by atoms with Gasteiger partial charge in [-0.2, -0.15) is 0 Å². The van der Waals surface area contributed by atoms with Crippen LogP contribution in [0, 0.1) is 0 Å². The highest BCUT2D eigenvalue weighted by molar-refractivity contribution is 6.08. The molecule has 1 aliphatic heterocycles. The van der Waals surface area contributed by atoms with Gasteiger partial charge in [0.1, 0.15) is 0 Å². The average Bonchev–Trinajstić information content (AvgIpc) is 2.71. The van der Waals surface area contributed by atoms with Gasteiger partial charge in [0.05, 0.1) is 23.6 Å². The van der Waals surface area contributed by atoms with Crippen LogP contribution in [0.4, 0.5) is 0 Å². The third kappa shape index (κ3) is 2.40. The normalized spacial score (nSPS) is 19.8. The number of aliphatic hydroxyl groups excluding tert-OH is 1. The number of hydrogen-bond donors (Lipinski definition) is 1. The van der Waals surface area contributed by atoms with Crippen molar-refractivity contribution in [3.63, 3.8) is 0 Å². The zero-order chi connectivity index (χ0) is 15.7. The van der Waals surface area contributed by atoms with Gasteiger partial charge in [0.15, 0.2) is 11.5 Å². The number of amides is 1. The quantitative estimate of drug-likeness (QED) is 0.848. The van der Waals surface area contributed by atoms with Gasteiger partial charge in [0, 0.05) is 0 Å². The van der Waals surface area contributed by atoms with E-state index in [0.29, 0.717) is 5.56 Å². The molecule has 0 aliphatic carbocycles. The zero-order valence-electron chi connectivity index (χ0n) is 11.6. The number of carboxylic acid groups (broad SMARTS) is 1. The second kappa shape index (κ2) is 5.40. The number of nitrogens with zero attached hydrogens (tertiary/aromatic N) is 1. The number of benzene rings is 1. The van der Waals surface area contributed by atoms with Crippen LogP contribution < -0.4 is 5.11 Å². The van der Waals surface area contributed by atoms with Crippen molar-refractivity contribution in [1.82, 2.24) is 4.90 Å². The van der Waals surface area contributed by atoms with Crippen LogP contribution in [0.5, 0.6) is 0 Å². The van der Waals surface area contributed by atoms with Crippen molar-refractivity contribution in [2.75, 3.05) is 0 Å². The summed E-state index contributed by atoms with van der Waals surface area (Å²) >= 11 is 0. The fraction of sp³-hybridized carbons (Fsp3) is 0.267. The molecule has 0 bridgehead atoms. The number of hydrogen-bond acceptors (Lipinski definition) is 5. The van der Waals surface area contributed by atoms with Crippen LogP contribution in [0.3, 0.4) is 0 Å². The molecule has 2 atom stereocenters. The lowest BCUT2D eigenvalue weighted by Gasteiger charge is -2.32. The lowest BCUT2D eigenvalue weighted by Crippen LogP contribution is -2.48. The van der Waals surface area contributed by atoms with Crippen LogP contribution in [0.15, 0.2) is 41.7 Å². The molecule has 0 unspecified atom stereocenters. The molecule has 1 N–H and O–H groups in total. The van der Waals surface area contributed by atoms with Gasteiger partial charge in [-0.25, -0.2) is 0 Å². The highest BCUT2D eigenvalue weighted by atomic mass is 16.4. The maximum absolute atomic E-state index is 12.1. The van der Waals surface area contributed by atoms with Crippen LogP contribution in [0.1, 0.15) is 25.5 Å². The Balaban J connectivity index is 2.59. The van der Waals surface area contributed by atoms with Crippen LogP contribution in [-0.2, 0) is 14.4 Å². The minimum absolute atomic E-state index is 0.0979. The van der Waals surface area contributed by atoms with Gasteiger partial charge in [-0.3, -0.25) is 9.59 Å². The fourth-order valence-electron chi connectivity index (χ4n) is 2.46. The van der Waals surface area contributed by atoms with Gasteiger partial charge in [0.25, 0.3) is 5.91 Å². The van der Waals surface area contributed by atoms with Crippen molar-refractivity contribution in [2.45, 2.75) is 25.9 Å². The molecule has 0 saturated heterocycles. The number of carbonyl (C=O) groups excluding carboxylic acids is 3. The van der Waals surface area contributed by atoms with Crippen molar-refractivity contribution in [3.05, 3.63) is 47.2 Å². The molecule has 0 fully saturated rings. The Labute approximate surface area is 121 Å². The Bertz CT molecular complexity index is 635. The number of rotatable bonds is 4. The van der Waals surface area contributed by atoms with E-state index in [1.807, 2.05) is 0 Å². The predicted molar refractivity (Wildman–Crippen MR) is 70.8 cm³/mol. The number of carbonyl (C=O) groups is 3. The first-order valence-corrected chi connectivity index (χ1v) is 6.38. The lowest BCUT2D eigenvalue weighted by atomic mass is 9.96. The van der Waals surface area contributed by atoms with Gasteiger partial charge in [-0.15, -0.1) is 0 Å². The number of aliphatic carboxylic acids is 1. The Kier molecular flexibility index (Phi) is 3.80. The summed E-state index contributed by atoms with van der Waals surface area (Å²) in [6, 6.07) is 6.28. The van der Waals surface area contributed by atoms with Crippen LogP contribution in [0.25, 0.3) is 0 Å². The highest BCUT2D eigenvalue weighted by Gasteiger charge is 2.44. The smallest absolute Gasteiger partial charge is 0.290 e. The Hall–Kier alpha value is -2.63. The number of aliphatic hydroxyl groups is 1. The second-order valence-electron chi connectivity index (χ2n) is 4.84. The molecule has 21 heavy (non-hydrogen) atoms. The standard InChI is InChI=1S/C15H15NO5/c1-8(15(20)21)16-12(10-6-4-3-5-7-10)11(9(2)17)13(18)14(16)19/h3-8,12,18H,1-2H3,(H,20,21)/p-1/t8-,12+/m1/s1. The third-order valence-electron chi connectivity index (χ3n) is 3.50. The van der Waals surface area contributed by atoms with Crippen LogP contribution >= 0.6 is 0 Å². The van der Waals surface area contributed by atoms with Crippen molar-refractivity contribution >= 4 is 17.7 Å². The summed E-state index contributed by atoms with van der Waals surface area (Å²) in [6.07, 6.45) is 0. The summed E-state index contributed by atoms with van der Waals surface area (Å²) in [5.74, 6) is -3.53. The van der Waals surface area contributed by atoms with Crippen LogP contribution in [-0.4, -0.2) is 33.7 Å². The summed E-state index contributed by atoms with van der Waals surface area (Å²) < 4.78 is 0. The van der Waals surface area contributed by atoms with E-state index in [4.69, 9.17) is 0 Å². The molecule has 1 aromatic rings. The third-order valence-corrected chi connectivity index (χ3v) is 3.50. The Morgan fingerprint density at radius 2 is 1.86 bits per heavy atom. The molecular weight excluding hydrogens is 274 g/mol.